The molecule has 0 atom stereocenters. The van der Waals surface area contributed by atoms with Gasteiger partial charge in [0.1, 0.15) is 4.90 Å². The zero-order valence-electron chi connectivity index (χ0n) is 10.5. The first kappa shape index (κ1) is 19.6. The van der Waals surface area contributed by atoms with Crippen LogP contribution >= 0.6 is 0 Å². The predicted molar refractivity (Wildman–Crippen MR) is 73.9 cm³/mol. The van der Waals surface area contributed by atoms with E-state index in [1.165, 1.54) is 6.07 Å². The first-order valence-corrected chi connectivity index (χ1v) is 6.08. The minimum atomic E-state index is -3.75. The van der Waals surface area contributed by atoms with Crippen molar-refractivity contribution in [2.24, 2.45) is 0 Å². The van der Waals surface area contributed by atoms with Crippen LogP contribution in [-0.2, 0) is 14.3 Å². The van der Waals surface area contributed by atoms with Crippen molar-refractivity contribution in [3.63, 3.8) is 0 Å². The van der Waals surface area contributed by atoms with E-state index in [1.54, 1.807) is 18.2 Å². The molecule has 0 aliphatic carbocycles. The Hall–Kier alpha value is 1.63. The SMILES string of the molecule is C=COS(=O)(=O)c1cccc2ccccc12.[K].[Rb]. The van der Waals surface area contributed by atoms with Gasteiger partial charge in [-0.05, 0) is 11.5 Å². The van der Waals surface area contributed by atoms with E-state index in [0.29, 0.717) is 5.39 Å². The quantitative estimate of drug-likeness (QED) is 0.478. The molecule has 0 saturated carbocycles. The fourth-order valence-electron chi connectivity index (χ4n) is 1.56. The van der Waals surface area contributed by atoms with Gasteiger partial charge in [-0.2, -0.15) is 8.42 Å². The summed E-state index contributed by atoms with van der Waals surface area (Å²) in [6.45, 7) is 3.25. The first-order chi connectivity index (χ1) is 7.65. The number of fused-ring (bicyclic) bond motifs is 1. The zero-order chi connectivity index (χ0) is 11.6. The maximum absolute atomic E-state index is 11.8. The summed E-state index contributed by atoms with van der Waals surface area (Å²) in [6, 6.07) is 12.3. The summed E-state index contributed by atoms with van der Waals surface area (Å²) < 4.78 is 28.1. The van der Waals surface area contributed by atoms with Crippen LogP contribution < -0.4 is 0 Å². The second-order valence-corrected chi connectivity index (χ2v) is 4.73. The molecule has 0 aliphatic heterocycles. The fourth-order valence-corrected chi connectivity index (χ4v) is 2.54. The predicted octanol–water partition coefficient (Wildman–Crippen LogP) is 1.93. The van der Waals surface area contributed by atoms with Crippen molar-refractivity contribution in [3.8, 4) is 0 Å². The van der Waals surface area contributed by atoms with E-state index < -0.39 is 10.1 Å². The number of hydrogen-bond acceptors (Lipinski definition) is 3. The van der Waals surface area contributed by atoms with Crippen molar-refractivity contribution in [1.82, 2.24) is 0 Å². The van der Waals surface area contributed by atoms with E-state index in [2.05, 4.69) is 10.8 Å². The van der Waals surface area contributed by atoms with Gasteiger partial charge in [-0.1, -0.05) is 43.0 Å². The number of rotatable bonds is 3. The molecule has 3 nitrogen and oxygen atoms in total. The van der Waals surface area contributed by atoms with Crippen LogP contribution in [0.4, 0.5) is 0 Å². The zero-order valence-corrected chi connectivity index (χ0v) is 19.3. The van der Waals surface area contributed by atoms with Gasteiger partial charge in [-0.15, -0.1) is 0 Å². The molecule has 0 fully saturated rings. The average molecular weight is 359 g/mol. The Morgan fingerprint density at radius 3 is 2.33 bits per heavy atom. The summed E-state index contributed by atoms with van der Waals surface area (Å²) >= 11 is 0. The van der Waals surface area contributed by atoms with E-state index >= 15 is 0 Å². The van der Waals surface area contributed by atoms with Crippen LogP contribution in [0.3, 0.4) is 0 Å². The Morgan fingerprint density at radius 1 is 1.06 bits per heavy atom. The van der Waals surface area contributed by atoms with E-state index in [9.17, 15) is 8.42 Å². The van der Waals surface area contributed by atoms with Crippen LogP contribution in [0.2, 0.25) is 0 Å². The van der Waals surface area contributed by atoms with Crippen molar-refractivity contribution in [3.05, 3.63) is 55.3 Å². The maximum Gasteiger partial charge on any atom is 0.339 e. The molecule has 0 heterocycles. The monoisotopic (exact) mass is 358 g/mol. The molecular weight excluding hydrogens is 349 g/mol. The molecule has 84 valence electrons. The van der Waals surface area contributed by atoms with Crippen molar-refractivity contribution in [2.45, 2.75) is 4.90 Å². The second-order valence-electron chi connectivity index (χ2n) is 3.19. The van der Waals surface area contributed by atoms with Crippen molar-refractivity contribution >= 4 is 130 Å². The Kier molecular flexibility index (Phi) is 9.62. The van der Waals surface area contributed by atoms with Gasteiger partial charge in [0.25, 0.3) is 0 Å². The molecule has 0 unspecified atom stereocenters. The topological polar surface area (TPSA) is 43.4 Å². The third-order valence-corrected chi connectivity index (χ3v) is 3.50. The molecule has 0 aromatic heterocycles. The Labute approximate surface area is 198 Å². The molecule has 0 spiro atoms. The maximum atomic E-state index is 11.8. The molecule has 0 saturated heterocycles. The summed E-state index contributed by atoms with van der Waals surface area (Å²) in [5, 5.41) is 1.50. The van der Waals surface area contributed by atoms with Crippen LogP contribution in [0.5, 0.6) is 0 Å². The Morgan fingerprint density at radius 2 is 1.67 bits per heavy atom. The van der Waals surface area contributed by atoms with Gasteiger partial charge >= 0.3 is 10.1 Å². The van der Waals surface area contributed by atoms with Gasteiger partial charge in [0.05, 0.1) is 6.26 Å². The van der Waals surface area contributed by atoms with Gasteiger partial charge in [0.2, 0.25) is 0 Å². The summed E-state index contributed by atoms with van der Waals surface area (Å²) in [7, 11) is -3.75. The minimum absolute atomic E-state index is 0. The molecule has 0 bridgehead atoms. The average Bonchev–Trinajstić information content (AvgIpc) is 2.28. The molecule has 0 aliphatic rings. The second kappa shape index (κ2) is 8.82. The number of benzene rings is 2. The van der Waals surface area contributed by atoms with Crippen LogP contribution in [0.1, 0.15) is 0 Å². The third-order valence-electron chi connectivity index (χ3n) is 2.21. The van der Waals surface area contributed by atoms with Gasteiger partial charge in [-0.25, -0.2) is 0 Å². The molecule has 18 heavy (non-hydrogen) atoms. The number of hydrogen-bond donors (Lipinski definition) is 0. The molecule has 0 amide bonds. The third kappa shape index (κ3) is 4.58. The fraction of sp³-hybridized carbons (Fsp3) is 0. The summed E-state index contributed by atoms with van der Waals surface area (Å²) in [5.74, 6) is 0. The van der Waals surface area contributed by atoms with Gasteiger partial charge in [0.15, 0.2) is 0 Å². The van der Waals surface area contributed by atoms with Crippen molar-refractivity contribution in [2.75, 3.05) is 0 Å². The molecule has 2 rings (SSSR count). The Balaban J connectivity index is 0.00000144. The van der Waals surface area contributed by atoms with Crippen LogP contribution in [0.25, 0.3) is 10.8 Å². The summed E-state index contributed by atoms with van der Waals surface area (Å²) in [5.41, 5.74) is 0. The molecule has 0 N–H and O–H groups in total. The largest absolute Gasteiger partial charge is 0.388 e. The van der Waals surface area contributed by atoms with Gasteiger partial charge in [-0.3, -0.25) is 0 Å². The van der Waals surface area contributed by atoms with Crippen LogP contribution in [0.15, 0.2) is 60.2 Å². The molecule has 2 radical (unpaired) electrons. The molecule has 6 heteroatoms. The van der Waals surface area contributed by atoms with E-state index in [0.717, 1.165) is 11.6 Å². The summed E-state index contributed by atoms with van der Waals surface area (Å²) in [4.78, 5) is 0.158. The minimum Gasteiger partial charge on any atom is -0.388 e. The smallest absolute Gasteiger partial charge is 0.339 e. The molecule has 2 aromatic rings. The first-order valence-electron chi connectivity index (χ1n) is 4.67. The van der Waals surface area contributed by atoms with Crippen LogP contribution in [0, 0.1) is 0 Å². The Bertz CT molecular complexity index is 635. The molecular formula is C12H10KO3RbS. The normalized spacial score (nSPS) is 10.0. The van der Waals surface area contributed by atoms with Gasteiger partial charge < -0.3 is 4.18 Å². The summed E-state index contributed by atoms with van der Waals surface area (Å²) in [6.07, 6.45) is 0.914. The van der Waals surface area contributed by atoms with E-state index in [1.807, 2.05) is 18.2 Å². The molecule has 2 aromatic carbocycles. The standard InChI is InChI=1S/C12H10O3S.K.Rb/c1-2-15-16(13,14)12-9-5-7-10-6-3-4-8-11(10)12;;/h2-9H,1H2;;. The van der Waals surface area contributed by atoms with Crippen molar-refractivity contribution in [1.29, 1.82) is 0 Å². The van der Waals surface area contributed by atoms with E-state index in [-0.39, 0.29) is 114 Å². The van der Waals surface area contributed by atoms with Crippen molar-refractivity contribution < 1.29 is 12.6 Å². The van der Waals surface area contributed by atoms with Gasteiger partial charge in [0, 0.05) is 115 Å². The van der Waals surface area contributed by atoms with E-state index in [4.69, 9.17) is 0 Å². The van der Waals surface area contributed by atoms with Crippen LogP contribution in [-0.4, -0.2) is 118 Å².